The SMILES string of the molecule is CC(C)=CCCC(=O)c1cccc(Cl)c1. The van der Waals surface area contributed by atoms with E-state index in [2.05, 4.69) is 6.08 Å². The van der Waals surface area contributed by atoms with Gasteiger partial charge in [0.1, 0.15) is 0 Å². The lowest BCUT2D eigenvalue weighted by atomic mass is 10.1. The van der Waals surface area contributed by atoms with Crippen molar-refractivity contribution in [2.45, 2.75) is 26.7 Å². The molecule has 0 aromatic heterocycles. The normalized spacial score (nSPS) is 9.80. The molecule has 1 aromatic rings. The summed E-state index contributed by atoms with van der Waals surface area (Å²) >= 11 is 5.81. The van der Waals surface area contributed by atoms with Crippen LogP contribution >= 0.6 is 11.6 Å². The van der Waals surface area contributed by atoms with Crippen LogP contribution in [0.25, 0.3) is 0 Å². The zero-order valence-electron chi connectivity index (χ0n) is 9.09. The maximum Gasteiger partial charge on any atom is 0.163 e. The Hall–Kier alpha value is -1.08. The number of carbonyl (C=O) groups is 1. The zero-order valence-corrected chi connectivity index (χ0v) is 9.84. The molecule has 0 radical (unpaired) electrons. The van der Waals surface area contributed by atoms with Gasteiger partial charge in [-0.05, 0) is 32.4 Å². The summed E-state index contributed by atoms with van der Waals surface area (Å²) in [7, 11) is 0. The first-order valence-electron chi connectivity index (χ1n) is 5.01. The van der Waals surface area contributed by atoms with Crippen LogP contribution in [0.2, 0.25) is 5.02 Å². The number of halogens is 1. The van der Waals surface area contributed by atoms with Crippen molar-refractivity contribution in [3.8, 4) is 0 Å². The van der Waals surface area contributed by atoms with Gasteiger partial charge < -0.3 is 0 Å². The molecule has 80 valence electrons. The monoisotopic (exact) mass is 222 g/mol. The molecule has 0 bridgehead atoms. The number of carbonyl (C=O) groups excluding carboxylic acids is 1. The molecule has 15 heavy (non-hydrogen) atoms. The molecule has 0 N–H and O–H groups in total. The van der Waals surface area contributed by atoms with Gasteiger partial charge in [0.05, 0.1) is 0 Å². The first-order chi connectivity index (χ1) is 7.09. The van der Waals surface area contributed by atoms with Crippen LogP contribution in [0.1, 0.15) is 37.0 Å². The molecule has 0 aliphatic carbocycles. The van der Waals surface area contributed by atoms with Crippen molar-refractivity contribution < 1.29 is 4.79 Å². The van der Waals surface area contributed by atoms with Crippen LogP contribution in [0.3, 0.4) is 0 Å². The van der Waals surface area contributed by atoms with Gasteiger partial charge in [-0.1, -0.05) is 35.4 Å². The number of allylic oxidation sites excluding steroid dienone is 2. The van der Waals surface area contributed by atoms with Crippen LogP contribution in [0.5, 0.6) is 0 Å². The number of ketones is 1. The smallest absolute Gasteiger partial charge is 0.163 e. The second-order valence-electron chi connectivity index (χ2n) is 3.75. The van der Waals surface area contributed by atoms with Crippen LogP contribution < -0.4 is 0 Å². The van der Waals surface area contributed by atoms with E-state index in [-0.39, 0.29) is 5.78 Å². The Morgan fingerprint density at radius 3 is 2.73 bits per heavy atom. The third kappa shape index (κ3) is 4.30. The van der Waals surface area contributed by atoms with E-state index in [4.69, 9.17) is 11.6 Å². The molecule has 0 fully saturated rings. The lowest BCUT2D eigenvalue weighted by molar-refractivity contribution is 0.0983. The van der Waals surface area contributed by atoms with Crippen molar-refractivity contribution in [3.05, 3.63) is 46.5 Å². The molecule has 0 aliphatic rings. The van der Waals surface area contributed by atoms with Gasteiger partial charge in [0, 0.05) is 17.0 Å². The summed E-state index contributed by atoms with van der Waals surface area (Å²) in [5.74, 6) is 0.148. The first-order valence-corrected chi connectivity index (χ1v) is 5.39. The second-order valence-corrected chi connectivity index (χ2v) is 4.19. The standard InChI is InChI=1S/C13H15ClO/c1-10(2)5-3-8-13(15)11-6-4-7-12(14)9-11/h4-7,9H,3,8H2,1-2H3. The molecule has 1 rings (SSSR count). The van der Waals surface area contributed by atoms with Gasteiger partial charge in [-0.15, -0.1) is 0 Å². The molecule has 0 saturated carbocycles. The zero-order chi connectivity index (χ0) is 11.3. The minimum atomic E-state index is 0.148. The summed E-state index contributed by atoms with van der Waals surface area (Å²) in [6.45, 7) is 4.06. The van der Waals surface area contributed by atoms with Crippen LogP contribution in [0, 0.1) is 0 Å². The highest BCUT2D eigenvalue weighted by Gasteiger charge is 2.04. The molecule has 0 saturated heterocycles. The average Bonchev–Trinajstić information content (AvgIpc) is 2.17. The van der Waals surface area contributed by atoms with E-state index in [0.29, 0.717) is 17.0 Å². The third-order valence-corrected chi connectivity index (χ3v) is 2.31. The van der Waals surface area contributed by atoms with Gasteiger partial charge in [-0.2, -0.15) is 0 Å². The summed E-state index contributed by atoms with van der Waals surface area (Å²) in [5, 5.41) is 0.614. The van der Waals surface area contributed by atoms with E-state index in [1.54, 1.807) is 24.3 Å². The topological polar surface area (TPSA) is 17.1 Å². The predicted octanol–water partition coefficient (Wildman–Crippen LogP) is 4.27. The van der Waals surface area contributed by atoms with E-state index in [9.17, 15) is 4.79 Å². The Balaban J connectivity index is 2.58. The number of Topliss-reactive ketones (excluding diaryl/α,β-unsaturated/α-hetero) is 1. The number of hydrogen-bond acceptors (Lipinski definition) is 1. The Kier molecular flexibility index (Phi) is 4.57. The van der Waals surface area contributed by atoms with Gasteiger partial charge in [-0.3, -0.25) is 4.79 Å². The number of rotatable bonds is 4. The summed E-state index contributed by atoms with van der Waals surface area (Å²) in [5.41, 5.74) is 1.94. The fourth-order valence-corrected chi connectivity index (χ4v) is 1.49. The fourth-order valence-electron chi connectivity index (χ4n) is 1.30. The molecule has 0 unspecified atom stereocenters. The quantitative estimate of drug-likeness (QED) is 0.549. The fraction of sp³-hybridized carbons (Fsp3) is 0.308. The van der Waals surface area contributed by atoms with Gasteiger partial charge in [-0.25, -0.2) is 0 Å². The first kappa shape index (κ1) is 12.0. The Morgan fingerprint density at radius 2 is 2.13 bits per heavy atom. The summed E-state index contributed by atoms with van der Waals surface area (Å²) in [6, 6.07) is 7.09. The maximum absolute atomic E-state index is 11.7. The molecular weight excluding hydrogens is 208 g/mol. The molecule has 0 heterocycles. The van der Waals surface area contributed by atoms with Crippen molar-refractivity contribution in [1.82, 2.24) is 0 Å². The molecule has 0 spiro atoms. The van der Waals surface area contributed by atoms with Crippen molar-refractivity contribution in [2.75, 3.05) is 0 Å². The predicted molar refractivity (Wildman–Crippen MR) is 64.4 cm³/mol. The third-order valence-electron chi connectivity index (χ3n) is 2.07. The van der Waals surface area contributed by atoms with Crippen molar-refractivity contribution >= 4 is 17.4 Å². The van der Waals surface area contributed by atoms with Crippen LogP contribution in [-0.4, -0.2) is 5.78 Å². The van der Waals surface area contributed by atoms with Gasteiger partial charge in [0.2, 0.25) is 0 Å². The van der Waals surface area contributed by atoms with Crippen LogP contribution in [0.15, 0.2) is 35.9 Å². The molecule has 2 heteroatoms. The Labute approximate surface area is 95.8 Å². The Bertz CT molecular complexity index is 376. The average molecular weight is 223 g/mol. The lowest BCUT2D eigenvalue weighted by Crippen LogP contribution is -1.97. The molecular formula is C13H15ClO. The summed E-state index contributed by atoms with van der Waals surface area (Å²) < 4.78 is 0. The highest BCUT2D eigenvalue weighted by molar-refractivity contribution is 6.31. The highest BCUT2D eigenvalue weighted by atomic mass is 35.5. The van der Waals surface area contributed by atoms with E-state index >= 15 is 0 Å². The van der Waals surface area contributed by atoms with E-state index < -0.39 is 0 Å². The minimum absolute atomic E-state index is 0.148. The van der Waals surface area contributed by atoms with Gasteiger partial charge >= 0.3 is 0 Å². The molecule has 0 amide bonds. The van der Waals surface area contributed by atoms with Gasteiger partial charge in [0.25, 0.3) is 0 Å². The number of hydrogen-bond donors (Lipinski definition) is 0. The van der Waals surface area contributed by atoms with E-state index in [1.807, 2.05) is 13.8 Å². The van der Waals surface area contributed by atoms with E-state index in [1.165, 1.54) is 5.57 Å². The maximum atomic E-state index is 11.7. The van der Waals surface area contributed by atoms with Crippen LogP contribution in [0.4, 0.5) is 0 Å². The Morgan fingerprint density at radius 1 is 1.40 bits per heavy atom. The highest BCUT2D eigenvalue weighted by Crippen LogP contribution is 2.13. The molecule has 0 aliphatic heterocycles. The largest absolute Gasteiger partial charge is 0.294 e. The second kappa shape index (κ2) is 5.72. The molecule has 0 atom stereocenters. The van der Waals surface area contributed by atoms with E-state index in [0.717, 1.165) is 6.42 Å². The molecule has 1 nitrogen and oxygen atoms in total. The van der Waals surface area contributed by atoms with Gasteiger partial charge in [0.15, 0.2) is 5.78 Å². The van der Waals surface area contributed by atoms with Crippen molar-refractivity contribution in [1.29, 1.82) is 0 Å². The molecule has 1 aromatic carbocycles. The van der Waals surface area contributed by atoms with Crippen LogP contribution in [-0.2, 0) is 0 Å². The lowest BCUT2D eigenvalue weighted by Gasteiger charge is -1.99. The minimum Gasteiger partial charge on any atom is -0.294 e. The van der Waals surface area contributed by atoms with Crippen molar-refractivity contribution in [3.63, 3.8) is 0 Å². The summed E-state index contributed by atoms with van der Waals surface area (Å²) in [4.78, 5) is 11.7. The number of benzene rings is 1. The summed E-state index contributed by atoms with van der Waals surface area (Å²) in [6.07, 6.45) is 3.42. The van der Waals surface area contributed by atoms with Crippen molar-refractivity contribution in [2.24, 2.45) is 0 Å².